The Kier molecular flexibility index (Phi) is 7.61. The Morgan fingerprint density at radius 2 is 1.62 bits per heavy atom. The summed E-state index contributed by atoms with van der Waals surface area (Å²) in [5.74, 6) is 0.291. The predicted molar refractivity (Wildman–Crippen MR) is 151 cm³/mol. The lowest BCUT2D eigenvalue weighted by atomic mass is 9.98. The Morgan fingerprint density at radius 3 is 2.27 bits per heavy atom. The van der Waals surface area contributed by atoms with Gasteiger partial charge in [0.1, 0.15) is 0 Å². The summed E-state index contributed by atoms with van der Waals surface area (Å²) in [6, 6.07) is 20.7. The Morgan fingerprint density at radius 1 is 0.975 bits per heavy atom. The van der Waals surface area contributed by atoms with Gasteiger partial charge in [0.2, 0.25) is 0 Å². The van der Waals surface area contributed by atoms with E-state index in [0.717, 1.165) is 31.2 Å². The molecule has 3 aromatic carbocycles. The second-order valence-corrected chi connectivity index (χ2v) is 11.8. The van der Waals surface area contributed by atoms with Crippen molar-refractivity contribution in [3.05, 3.63) is 89.5 Å². The van der Waals surface area contributed by atoms with E-state index in [0.29, 0.717) is 16.9 Å². The van der Waals surface area contributed by atoms with Gasteiger partial charge in [-0.2, -0.15) is 21.6 Å². The molecule has 3 aromatic rings. The quantitative estimate of drug-likeness (QED) is 0.298. The second kappa shape index (κ2) is 11.0. The number of hydrogen-bond acceptors (Lipinski definition) is 5. The first-order valence-electron chi connectivity index (χ1n) is 12.9. The molecule has 0 radical (unpaired) electrons. The molecule has 1 fully saturated rings. The summed E-state index contributed by atoms with van der Waals surface area (Å²) in [6.45, 7) is 5.27. The fourth-order valence-electron chi connectivity index (χ4n) is 4.89. The lowest BCUT2D eigenvalue weighted by Gasteiger charge is -2.30. The van der Waals surface area contributed by atoms with Gasteiger partial charge in [0, 0.05) is 29.2 Å². The van der Waals surface area contributed by atoms with Crippen molar-refractivity contribution in [1.82, 2.24) is 4.90 Å². The number of fused-ring (bicyclic) bond motifs is 1. The van der Waals surface area contributed by atoms with Gasteiger partial charge in [-0.1, -0.05) is 49.4 Å². The number of nitrogens with zero attached hydrogens (tertiary/aromatic N) is 1. The Hall–Kier alpha value is -3.83. The maximum atomic E-state index is 13.2. The zero-order chi connectivity index (χ0) is 28.5. The van der Waals surface area contributed by atoms with E-state index in [-0.39, 0.29) is 16.8 Å². The molecule has 0 atom stereocenters. The third kappa shape index (κ3) is 6.00. The van der Waals surface area contributed by atoms with Crippen molar-refractivity contribution in [1.29, 1.82) is 0 Å². The van der Waals surface area contributed by atoms with Gasteiger partial charge in [0.25, 0.3) is 5.91 Å². The van der Waals surface area contributed by atoms with Crippen LogP contribution in [-0.4, -0.2) is 37.8 Å². The van der Waals surface area contributed by atoms with Crippen LogP contribution in [-0.2, 0) is 21.4 Å². The van der Waals surface area contributed by atoms with E-state index in [1.54, 1.807) is 4.72 Å². The molecule has 210 valence electrons. The van der Waals surface area contributed by atoms with Crippen LogP contribution in [0.2, 0.25) is 0 Å². The predicted octanol–water partition coefficient (Wildman–Crippen LogP) is 6.11. The van der Waals surface area contributed by atoms with Gasteiger partial charge in [0.05, 0.1) is 11.3 Å². The number of likely N-dealkylation sites (tertiary alicyclic amines) is 1. The summed E-state index contributed by atoms with van der Waals surface area (Å²) in [6.07, 6.45) is 2.38. The number of sulfonamides is 1. The van der Waals surface area contributed by atoms with Crippen LogP contribution in [0.3, 0.4) is 0 Å². The van der Waals surface area contributed by atoms with Crippen molar-refractivity contribution >= 4 is 44.3 Å². The number of piperidine rings is 1. The van der Waals surface area contributed by atoms with E-state index in [2.05, 4.69) is 22.5 Å². The van der Waals surface area contributed by atoms with Crippen LogP contribution in [0, 0.1) is 5.92 Å². The molecule has 1 amide bonds. The molecule has 2 aliphatic heterocycles. The van der Waals surface area contributed by atoms with Gasteiger partial charge in [0.15, 0.2) is 0 Å². The highest BCUT2D eigenvalue weighted by Crippen LogP contribution is 2.39. The van der Waals surface area contributed by atoms with Crippen molar-refractivity contribution in [3.8, 4) is 0 Å². The van der Waals surface area contributed by atoms with Crippen molar-refractivity contribution in [3.63, 3.8) is 0 Å². The monoisotopic (exact) mass is 570 g/mol. The fourth-order valence-corrected chi connectivity index (χ4v) is 5.44. The third-order valence-electron chi connectivity index (χ3n) is 7.14. The van der Waals surface area contributed by atoms with Gasteiger partial charge in [-0.05, 0) is 73.3 Å². The summed E-state index contributed by atoms with van der Waals surface area (Å²) in [5.41, 5.74) is -1.98. The van der Waals surface area contributed by atoms with Crippen LogP contribution < -0.4 is 15.4 Å². The average molecular weight is 571 g/mol. The molecule has 2 heterocycles. The molecular formula is C29H29F3N4O3S. The van der Waals surface area contributed by atoms with Gasteiger partial charge in [-0.25, -0.2) is 0 Å². The Bertz CT molecular complexity index is 1530. The molecule has 7 nitrogen and oxygen atoms in total. The topological polar surface area (TPSA) is 90.5 Å². The number of halogens is 3. The highest BCUT2D eigenvalue weighted by atomic mass is 32.2. The number of carbonyl (C=O) groups is 1. The lowest BCUT2D eigenvalue weighted by Crippen LogP contribution is -2.32. The summed E-state index contributed by atoms with van der Waals surface area (Å²) in [7, 11) is -5.63. The number of carbonyl (C=O) groups excluding carboxylic acids is 1. The number of benzene rings is 3. The molecule has 0 unspecified atom stereocenters. The number of amides is 1. The van der Waals surface area contributed by atoms with Crippen LogP contribution in [0.5, 0.6) is 0 Å². The zero-order valence-electron chi connectivity index (χ0n) is 21.8. The molecule has 1 saturated heterocycles. The molecule has 0 aliphatic carbocycles. The minimum atomic E-state index is -5.63. The average Bonchev–Trinajstić information content (AvgIpc) is 3.24. The molecule has 5 rings (SSSR count). The maximum Gasteiger partial charge on any atom is 0.516 e. The van der Waals surface area contributed by atoms with Crippen LogP contribution in [0.4, 0.5) is 30.2 Å². The number of anilines is 3. The van der Waals surface area contributed by atoms with Crippen LogP contribution >= 0.6 is 0 Å². The number of alkyl halides is 3. The van der Waals surface area contributed by atoms with Crippen LogP contribution in [0.25, 0.3) is 11.3 Å². The number of hydrogen-bond donors (Lipinski definition) is 3. The molecular weight excluding hydrogens is 541 g/mol. The first-order chi connectivity index (χ1) is 19.0. The zero-order valence-corrected chi connectivity index (χ0v) is 22.6. The standard InChI is InChI=1S/C29H29F3N4O3S/c1-19-13-15-36(16-14-19)18-20-7-9-22(10-8-20)33-27(21-5-3-2-4-6-21)26-24-17-23(11-12-25(24)34-28(26)37)35-40(38,39)29(30,31)32/h2-12,17,19,33,35H,13-16,18H2,1H3,(H,34,37). The summed E-state index contributed by atoms with van der Waals surface area (Å²) < 4.78 is 63.8. The van der Waals surface area contributed by atoms with E-state index in [4.69, 9.17) is 0 Å². The van der Waals surface area contributed by atoms with Crippen LogP contribution in [0.1, 0.15) is 36.5 Å². The normalized spacial score (nSPS) is 17.8. The highest BCUT2D eigenvalue weighted by Gasteiger charge is 2.46. The van der Waals surface area contributed by atoms with Gasteiger partial charge >= 0.3 is 15.5 Å². The van der Waals surface area contributed by atoms with Crippen LogP contribution in [0.15, 0.2) is 72.8 Å². The van der Waals surface area contributed by atoms with Gasteiger partial charge in [-0.3, -0.25) is 14.4 Å². The molecule has 3 N–H and O–H groups in total. The molecule has 2 aliphatic rings. The van der Waals surface area contributed by atoms with Crippen molar-refractivity contribution < 1.29 is 26.4 Å². The summed E-state index contributed by atoms with van der Waals surface area (Å²) in [4.78, 5) is 15.6. The largest absolute Gasteiger partial charge is 0.516 e. The third-order valence-corrected chi connectivity index (χ3v) is 8.25. The van der Waals surface area contributed by atoms with E-state index in [1.807, 2.05) is 54.6 Å². The van der Waals surface area contributed by atoms with E-state index in [1.165, 1.54) is 36.6 Å². The molecule has 0 saturated carbocycles. The molecule has 11 heteroatoms. The molecule has 0 aromatic heterocycles. The van der Waals surface area contributed by atoms with Gasteiger partial charge in [-0.15, -0.1) is 0 Å². The smallest absolute Gasteiger partial charge is 0.354 e. The highest BCUT2D eigenvalue weighted by molar-refractivity contribution is 7.93. The Balaban J connectivity index is 1.47. The first kappa shape index (κ1) is 27.7. The van der Waals surface area contributed by atoms with Crippen molar-refractivity contribution in [2.75, 3.05) is 28.4 Å². The second-order valence-electron chi connectivity index (χ2n) is 10.2. The molecule has 0 spiro atoms. The van der Waals surface area contributed by atoms with E-state index in [9.17, 15) is 26.4 Å². The minimum absolute atomic E-state index is 0.181. The summed E-state index contributed by atoms with van der Waals surface area (Å²) in [5, 5.41) is 6.04. The van der Waals surface area contributed by atoms with E-state index >= 15 is 0 Å². The number of rotatable bonds is 7. The van der Waals surface area contributed by atoms with Gasteiger partial charge < -0.3 is 10.6 Å². The SMILES string of the molecule is CC1CCN(Cc2ccc(NC(=C3C(=O)Nc4ccc(NS(=O)(=O)C(F)(F)F)cc43)c3ccccc3)cc2)CC1. The fraction of sp³-hybridized carbons (Fsp3) is 0.276. The Labute approximate surface area is 231 Å². The molecule has 0 bridgehead atoms. The van der Waals surface area contributed by atoms with Crippen molar-refractivity contribution in [2.45, 2.75) is 31.8 Å². The first-order valence-corrected chi connectivity index (χ1v) is 14.4. The minimum Gasteiger partial charge on any atom is -0.354 e. The summed E-state index contributed by atoms with van der Waals surface area (Å²) >= 11 is 0. The maximum absolute atomic E-state index is 13.2. The van der Waals surface area contributed by atoms with Crippen molar-refractivity contribution in [2.24, 2.45) is 5.92 Å². The molecule has 40 heavy (non-hydrogen) atoms. The number of nitrogens with one attached hydrogen (secondary N) is 3. The van der Waals surface area contributed by atoms with E-state index < -0.39 is 21.4 Å². The lowest BCUT2D eigenvalue weighted by molar-refractivity contribution is -0.110.